The van der Waals surface area contributed by atoms with Gasteiger partial charge in [0.05, 0.1) is 17.4 Å². The Morgan fingerprint density at radius 2 is 1.77 bits per heavy atom. The molecule has 1 fully saturated rings. The molecule has 6 nitrogen and oxygen atoms in total. The summed E-state index contributed by atoms with van der Waals surface area (Å²) in [5, 5.41) is 0.290. The van der Waals surface area contributed by atoms with Crippen molar-refractivity contribution in [1.82, 2.24) is 9.88 Å². The first kappa shape index (κ1) is 20.2. The molecular formula is C21H18F2N2O4S. The van der Waals surface area contributed by atoms with Crippen molar-refractivity contribution >= 4 is 33.4 Å². The summed E-state index contributed by atoms with van der Waals surface area (Å²) in [5.41, 5.74) is 0.971. The van der Waals surface area contributed by atoms with Gasteiger partial charge in [0.2, 0.25) is 0 Å². The number of halogens is 2. The number of likely N-dealkylation sites (tertiary alicyclic amines) is 1. The van der Waals surface area contributed by atoms with E-state index in [1.165, 1.54) is 13.2 Å². The number of hydrogen-bond acceptors (Lipinski definition) is 6. The summed E-state index contributed by atoms with van der Waals surface area (Å²) in [6, 6.07) is 8.36. The van der Waals surface area contributed by atoms with E-state index in [0.29, 0.717) is 41.8 Å². The number of benzene rings is 2. The summed E-state index contributed by atoms with van der Waals surface area (Å²) in [7, 11) is 1.30. The molecule has 3 aromatic rings. The van der Waals surface area contributed by atoms with Gasteiger partial charge in [0.15, 0.2) is 5.82 Å². The molecule has 30 heavy (non-hydrogen) atoms. The van der Waals surface area contributed by atoms with Crippen LogP contribution >= 0.6 is 11.3 Å². The second-order valence-electron chi connectivity index (χ2n) is 6.89. The van der Waals surface area contributed by atoms with Gasteiger partial charge in [0, 0.05) is 37.6 Å². The van der Waals surface area contributed by atoms with E-state index in [0.717, 1.165) is 17.4 Å². The second kappa shape index (κ2) is 8.35. The Bertz CT molecular complexity index is 1090. The largest absolute Gasteiger partial charge is 0.467 e. The first-order valence-corrected chi connectivity index (χ1v) is 10.2. The Hall–Kier alpha value is -3.07. The molecular weight excluding hydrogens is 414 g/mol. The van der Waals surface area contributed by atoms with Crippen LogP contribution in [0.3, 0.4) is 0 Å². The third-order valence-electron chi connectivity index (χ3n) is 4.94. The van der Waals surface area contributed by atoms with Crippen LogP contribution in [0.4, 0.5) is 8.78 Å². The van der Waals surface area contributed by atoms with Crippen LogP contribution in [-0.4, -0.2) is 48.1 Å². The van der Waals surface area contributed by atoms with Crippen molar-refractivity contribution in [3.8, 4) is 5.19 Å². The minimum absolute atomic E-state index is 0.0967. The van der Waals surface area contributed by atoms with Crippen LogP contribution in [0.1, 0.15) is 33.6 Å². The normalized spacial score (nSPS) is 14.7. The zero-order valence-corrected chi connectivity index (χ0v) is 16.9. The van der Waals surface area contributed by atoms with Crippen LogP contribution in [0.5, 0.6) is 5.19 Å². The maximum Gasteiger partial charge on any atom is 0.337 e. The maximum atomic E-state index is 13.8. The Balaban J connectivity index is 1.36. The first-order valence-electron chi connectivity index (χ1n) is 9.34. The van der Waals surface area contributed by atoms with Crippen molar-refractivity contribution in [3.05, 3.63) is 59.2 Å². The number of fused-ring (bicyclic) bond motifs is 1. The van der Waals surface area contributed by atoms with Crippen LogP contribution in [0.15, 0.2) is 36.4 Å². The molecule has 0 N–H and O–H groups in total. The summed E-state index contributed by atoms with van der Waals surface area (Å²) >= 11 is 1.10. The van der Waals surface area contributed by atoms with E-state index < -0.39 is 17.6 Å². The van der Waals surface area contributed by atoms with Crippen molar-refractivity contribution in [2.24, 2.45) is 0 Å². The van der Waals surface area contributed by atoms with Crippen molar-refractivity contribution in [3.63, 3.8) is 0 Å². The Kier molecular flexibility index (Phi) is 5.63. The molecule has 1 aromatic heterocycles. The SMILES string of the molecule is COC(=O)c1ccc(C(=O)N2CCC(Oc3nc4c(F)cc(F)cc4s3)CC2)cc1. The van der Waals surface area contributed by atoms with Crippen LogP contribution in [0, 0.1) is 11.6 Å². The van der Waals surface area contributed by atoms with Crippen molar-refractivity contribution in [2.45, 2.75) is 18.9 Å². The van der Waals surface area contributed by atoms with Gasteiger partial charge in [-0.2, -0.15) is 4.98 Å². The molecule has 1 aliphatic heterocycles. The van der Waals surface area contributed by atoms with E-state index in [2.05, 4.69) is 9.72 Å². The molecule has 9 heteroatoms. The van der Waals surface area contributed by atoms with E-state index in [9.17, 15) is 18.4 Å². The third-order valence-corrected chi connectivity index (χ3v) is 5.84. The first-order chi connectivity index (χ1) is 14.4. The number of methoxy groups -OCH3 is 1. The van der Waals surface area contributed by atoms with Gasteiger partial charge in [-0.05, 0) is 30.3 Å². The molecule has 1 saturated heterocycles. The summed E-state index contributed by atoms with van der Waals surface area (Å²) in [5.74, 6) is -1.94. The number of rotatable bonds is 4. The van der Waals surface area contributed by atoms with Crippen LogP contribution in [0.25, 0.3) is 10.2 Å². The quantitative estimate of drug-likeness (QED) is 0.582. The summed E-state index contributed by atoms with van der Waals surface area (Å²) < 4.78 is 38.0. The van der Waals surface area contributed by atoms with Crippen LogP contribution < -0.4 is 4.74 Å². The van der Waals surface area contributed by atoms with Gasteiger partial charge in [-0.3, -0.25) is 4.79 Å². The zero-order chi connectivity index (χ0) is 21.3. The van der Waals surface area contributed by atoms with E-state index in [-0.39, 0.29) is 22.7 Å². The highest BCUT2D eigenvalue weighted by Crippen LogP contribution is 2.32. The maximum absolute atomic E-state index is 13.8. The molecule has 0 aliphatic carbocycles. The predicted molar refractivity (Wildman–Crippen MR) is 107 cm³/mol. The highest BCUT2D eigenvalue weighted by Gasteiger charge is 2.26. The smallest absolute Gasteiger partial charge is 0.337 e. The molecule has 1 aliphatic rings. The lowest BCUT2D eigenvalue weighted by Gasteiger charge is -2.31. The van der Waals surface area contributed by atoms with Gasteiger partial charge >= 0.3 is 5.97 Å². The molecule has 0 saturated carbocycles. The van der Waals surface area contributed by atoms with Crippen molar-refractivity contribution in [1.29, 1.82) is 0 Å². The fraction of sp³-hybridized carbons (Fsp3) is 0.286. The second-order valence-corrected chi connectivity index (χ2v) is 7.89. The molecule has 0 radical (unpaired) electrons. The number of carbonyl (C=O) groups is 2. The number of nitrogens with zero attached hydrogens (tertiary/aromatic N) is 2. The average molecular weight is 432 g/mol. The topological polar surface area (TPSA) is 68.7 Å². The molecule has 156 valence electrons. The van der Waals surface area contributed by atoms with E-state index in [1.807, 2.05) is 0 Å². The molecule has 2 aromatic carbocycles. The van der Waals surface area contributed by atoms with Crippen LogP contribution in [0.2, 0.25) is 0 Å². The summed E-state index contributed by atoms with van der Waals surface area (Å²) in [6.07, 6.45) is 1.03. The summed E-state index contributed by atoms with van der Waals surface area (Å²) in [6.45, 7) is 0.992. The number of ether oxygens (including phenoxy) is 2. The number of carbonyl (C=O) groups excluding carboxylic acids is 2. The lowest BCUT2D eigenvalue weighted by atomic mass is 10.1. The summed E-state index contributed by atoms with van der Waals surface area (Å²) in [4.78, 5) is 30.0. The lowest BCUT2D eigenvalue weighted by molar-refractivity contribution is 0.0584. The molecule has 1 amide bonds. The highest BCUT2D eigenvalue weighted by molar-refractivity contribution is 7.20. The van der Waals surface area contributed by atoms with Gasteiger partial charge in [-0.25, -0.2) is 13.6 Å². The minimum Gasteiger partial charge on any atom is -0.467 e. The molecule has 2 heterocycles. The average Bonchev–Trinajstić information content (AvgIpc) is 3.16. The number of esters is 1. The molecule has 4 rings (SSSR count). The Labute approximate surface area is 175 Å². The minimum atomic E-state index is -0.713. The van der Waals surface area contributed by atoms with E-state index >= 15 is 0 Å². The fourth-order valence-corrected chi connectivity index (χ4v) is 4.28. The number of thiazole rings is 1. The third kappa shape index (κ3) is 4.11. The highest BCUT2D eigenvalue weighted by atomic mass is 32.1. The molecule has 0 spiro atoms. The van der Waals surface area contributed by atoms with Crippen LogP contribution in [-0.2, 0) is 4.74 Å². The molecule has 0 bridgehead atoms. The standard InChI is InChI=1S/C21H18F2N2O4S/c1-28-20(27)13-4-2-12(3-5-13)19(26)25-8-6-15(7-9-25)29-21-24-18-16(23)10-14(22)11-17(18)30-21/h2-5,10-11,15H,6-9H2,1H3. The zero-order valence-electron chi connectivity index (χ0n) is 16.1. The molecule has 0 unspecified atom stereocenters. The molecule has 0 atom stereocenters. The lowest BCUT2D eigenvalue weighted by Crippen LogP contribution is -2.41. The van der Waals surface area contributed by atoms with Gasteiger partial charge in [-0.15, -0.1) is 0 Å². The number of piperidine rings is 1. The number of amides is 1. The van der Waals surface area contributed by atoms with Crippen molar-refractivity contribution in [2.75, 3.05) is 20.2 Å². The Morgan fingerprint density at radius 1 is 1.10 bits per heavy atom. The van der Waals surface area contributed by atoms with Gasteiger partial charge in [-0.1, -0.05) is 11.3 Å². The predicted octanol–water partition coefficient (Wildman–Crippen LogP) is 4.04. The van der Waals surface area contributed by atoms with Gasteiger partial charge in [0.1, 0.15) is 17.4 Å². The van der Waals surface area contributed by atoms with Crippen molar-refractivity contribution < 1.29 is 27.8 Å². The van der Waals surface area contributed by atoms with Gasteiger partial charge in [0.25, 0.3) is 11.1 Å². The monoisotopic (exact) mass is 432 g/mol. The van der Waals surface area contributed by atoms with E-state index in [1.54, 1.807) is 29.2 Å². The Morgan fingerprint density at radius 3 is 2.43 bits per heavy atom. The number of aromatic nitrogens is 1. The fourth-order valence-electron chi connectivity index (χ4n) is 3.36. The number of hydrogen-bond donors (Lipinski definition) is 0. The van der Waals surface area contributed by atoms with Gasteiger partial charge < -0.3 is 14.4 Å². The van der Waals surface area contributed by atoms with E-state index in [4.69, 9.17) is 4.74 Å².